The first-order chi connectivity index (χ1) is 15.1. The van der Waals surface area contributed by atoms with Crippen LogP contribution < -0.4 is 10.1 Å². The summed E-state index contributed by atoms with van der Waals surface area (Å²) in [5.74, 6) is 0.506. The number of sulfonamides is 1. The van der Waals surface area contributed by atoms with Crippen molar-refractivity contribution < 1.29 is 17.9 Å². The number of carbonyl (C=O) groups excluding carboxylic acids is 1. The number of nitrogens with zero attached hydrogens (tertiary/aromatic N) is 1. The molecule has 174 valence electrons. The Morgan fingerprint density at radius 1 is 1.06 bits per heavy atom. The molecule has 7 heteroatoms. The minimum atomic E-state index is -3.59. The molecule has 1 saturated heterocycles. The minimum absolute atomic E-state index is 0.0444. The number of para-hydroxylation sites is 1. The van der Waals surface area contributed by atoms with Gasteiger partial charge in [-0.05, 0) is 54.5 Å². The predicted octanol–water partition coefficient (Wildman–Crippen LogP) is 4.28. The molecule has 1 amide bonds. The second-order valence-corrected chi connectivity index (χ2v) is 11.2. The van der Waals surface area contributed by atoms with Gasteiger partial charge < -0.3 is 10.1 Å². The summed E-state index contributed by atoms with van der Waals surface area (Å²) in [6, 6.07) is 12.7. The highest BCUT2D eigenvalue weighted by Gasteiger charge is 2.27. The van der Waals surface area contributed by atoms with E-state index in [1.165, 1.54) is 10.4 Å². The van der Waals surface area contributed by atoms with Crippen LogP contribution in [0, 0.1) is 6.92 Å². The highest BCUT2D eigenvalue weighted by molar-refractivity contribution is 7.89. The van der Waals surface area contributed by atoms with E-state index in [0.29, 0.717) is 31.8 Å². The van der Waals surface area contributed by atoms with Crippen LogP contribution in [0.1, 0.15) is 61.5 Å². The number of hydrogen-bond acceptors (Lipinski definition) is 4. The van der Waals surface area contributed by atoms with Crippen LogP contribution in [0.2, 0.25) is 0 Å². The third kappa shape index (κ3) is 5.70. The van der Waals surface area contributed by atoms with Crippen molar-refractivity contribution in [3.8, 4) is 5.75 Å². The number of ether oxygens (including phenoxy) is 1. The number of aryl methyl sites for hydroxylation is 1. The fourth-order valence-electron chi connectivity index (χ4n) is 3.89. The lowest BCUT2D eigenvalue weighted by atomic mass is 9.86. The average Bonchev–Trinajstić information content (AvgIpc) is 2.77. The second-order valence-electron chi connectivity index (χ2n) is 9.29. The van der Waals surface area contributed by atoms with Crippen LogP contribution >= 0.6 is 0 Å². The Balaban J connectivity index is 1.64. The molecule has 2 aromatic carbocycles. The minimum Gasteiger partial charge on any atom is -0.491 e. The number of rotatable bonds is 7. The van der Waals surface area contributed by atoms with Gasteiger partial charge in [-0.15, -0.1) is 0 Å². The third-order valence-electron chi connectivity index (χ3n) is 5.75. The highest BCUT2D eigenvalue weighted by Crippen LogP contribution is 2.30. The molecule has 3 rings (SSSR count). The molecule has 32 heavy (non-hydrogen) atoms. The lowest BCUT2D eigenvalue weighted by Crippen LogP contribution is -2.36. The van der Waals surface area contributed by atoms with Crippen molar-refractivity contribution in [2.45, 2.75) is 57.3 Å². The van der Waals surface area contributed by atoms with E-state index in [0.717, 1.165) is 36.1 Å². The van der Waals surface area contributed by atoms with Crippen LogP contribution in [-0.4, -0.2) is 44.9 Å². The Bertz CT molecular complexity index is 1050. The molecule has 0 saturated carbocycles. The first-order valence-corrected chi connectivity index (χ1v) is 12.7. The number of carbonyl (C=O) groups is 1. The van der Waals surface area contributed by atoms with Crippen molar-refractivity contribution in [3.05, 3.63) is 59.2 Å². The first kappa shape index (κ1) is 24.3. The zero-order valence-corrected chi connectivity index (χ0v) is 20.3. The summed E-state index contributed by atoms with van der Waals surface area (Å²) in [5, 5.41) is 2.85. The third-order valence-corrected chi connectivity index (χ3v) is 7.64. The van der Waals surface area contributed by atoms with E-state index in [9.17, 15) is 13.2 Å². The Labute approximate surface area is 192 Å². The lowest BCUT2D eigenvalue weighted by Gasteiger charge is -2.26. The summed E-state index contributed by atoms with van der Waals surface area (Å²) in [7, 11) is -3.59. The molecule has 1 heterocycles. The smallest absolute Gasteiger partial charge is 0.251 e. The van der Waals surface area contributed by atoms with Gasteiger partial charge in [0.05, 0.1) is 11.4 Å². The van der Waals surface area contributed by atoms with Crippen LogP contribution in [0.4, 0.5) is 0 Å². The summed E-state index contributed by atoms with van der Waals surface area (Å²) in [6.45, 7) is 9.90. The predicted molar refractivity (Wildman–Crippen MR) is 127 cm³/mol. The SMILES string of the molecule is Cc1ccc(S(=O)(=O)N2CCCCC2)cc1C(=O)NCCOc1ccccc1C(C)(C)C. The van der Waals surface area contributed by atoms with E-state index in [1.54, 1.807) is 12.1 Å². The Morgan fingerprint density at radius 3 is 2.44 bits per heavy atom. The molecule has 1 fully saturated rings. The van der Waals surface area contributed by atoms with Crippen molar-refractivity contribution >= 4 is 15.9 Å². The van der Waals surface area contributed by atoms with Crippen LogP contribution in [0.5, 0.6) is 5.75 Å². The number of hydrogen-bond donors (Lipinski definition) is 1. The van der Waals surface area contributed by atoms with Gasteiger partial charge in [-0.3, -0.25) is 4.79 Å². The Hall–Kier alpha value is -2.38. The van der Waals surface area contributed by atoms with E-state index >= 15 is 0 Å². The van der Waals surface area contributed by atoms with Crippen molar-refractivity contribution in [3.63, 3.8) is 0 Å². The number of benzene rings is 2. The lowest BCUT2D eigenvalue weighted by molar-refractivity contribution is 0.0946. The molecule has 6 nitrogen and oxygen atoms in total. The molecule has 1 N–H and O–H groups in total. The Morgan fingerprint density at radius 2 is 1.75 bits per heavy atom. The maximum atomic E-state index is 13.0. The fraction of sp³-hybridized carbons (Fsp3) is 0.480. The molecule has 0 spiro atoms. The van der Waals surface area contributed by atoms with Crippen LogP contribution in [0.3, 0.4) is 0 Å². The van der Waals surface area contributed by atoms with Crippen LogP contribution in [-0.2, 0) is 15.4 Å². The number of amides is 1. The summed E-state index contributed by atoms with van der Waals surface area (Å²) in [6.07, 6.45) is 2.80. The van der Waals surface area contributed by atoms with E-state index in [2.05, 4.69) is 26.1 Å². The monoisotopic (exact) mass is 458 g/mol. The van der Waals surface area contributed by atoms with Gasteiger partial charge in [-0.2, -0.15) is 4.31 Å². The van der Waals surface area contributed by atoms with Crippen molar-refractivity contribution in [1.82, 2.24) is 9.62 Å². The van der Waals surface area contributed by atoms with Gasteiger partial charge in [0, 0.05) is 18.7 Å². The maximum absolute atomic E-state index is 13.0. The normalized spacial score (nSPS) is 15.4. The van der Waals surface area contributed by atoms with Gasteiger partial charge in [0.2, 0.25) is 10.0 Å². The van der Waals surface area contributed by atoms with Crippen molar-refractivity contribution in [1.29, 1.82) is 0 Å². The van der Waals surface area contributed by atoms with Gasteiger partial charge in [-0.25, -0.2) is 8.42 Å². The maximum Gasteiger partial charge on any atom is 0.251 e. The van der Waals surface area contributed by atoms with Gasteiger partial charge in [-0.1, -0.05) is 51.5 Å². The van der Waals surface area contributed by atoms with Crippen molar-refractivity contribution in [2.75, 3.05) is 26.2 Å². The molecule has 0 radical (unpaired) electrons. The molecule has 1 aliphatic rings. The quantitative estimate of drug-likeness (QED) is 0.629. The molecule has 0 bridgehead atoms. The summed E-state index contributed by atoms with van der Waals surface area (Å²) in [5.41, 5.74) is 2.17. The first-order valence-electron chi connectivity index (χ1n) is 11.2. The van der Waals surface area contributed by atoms with E-state index in [-0.39, 0.29) is 16.2 Å². The summed E-state index contributed by atoms with van der Waals surface area (Å²) < 4.78 is 33.4. The Kier molecular flexibility index (Phi) is 7.62. The second kappa shape index (κ2) is 10.0. The zero-order valence-electron chi connectivity index (χ0n) is 19.5. The largest absolute Gasteiger partial charge is 0.491 e. The van der Waals surface area contributed by atoms with Gasteiger partial charge in [0.15, 0.2) is 0 Å². The average molecular weight is 459 g/mol. The zero-order chi connectivity index (χ0) is 23.4. The molecule has 2 aromatic rings. The standard InChI is InChI=1S/C25H34N2O4S/c1-19-12-13-20(32(29,30)27-15-8-5-9-16-27)18-21(19)24(28)26-14-17-31-23-11-7-6-10-22(23)25(2,3)4/h6-7,10-13,18H,5,8-9,14-17H2,1-4H3,(H,26,28). The molecule has 0 aromatic heterocycles. The topological polar surface area (TPSA) is 75.7 Å². The highest BCUT2D eigenvalue weighted by atomic mass is 32.2. The fourth-order valence-corrected chi connectivity index (χ4v) is 5.44. The van der Waals surface area contributed by atoms with Crippen LogP contribution in [0.15, 0.2) is 47.4 Å². The molecule has 0 aliphatic carbocycles. The molecule has 1 aliphatic heterocycles. The van der Waals surface area contributed by atoms with Gasteiger partial charge >= 0.3 is 0 Å². The summed E-state index contributed by atoms with van der Waals surface area (Å²) in [4.78, 5) is 13.0. The molecule has 0 atom stereocenters. The number of piperidine rings is 1. The molecule has 0 unspecified atom stereocenters. The van der Waals surface area contributed by atoms with Gasteiger partial charge in [0.1, 0.15) is 12.4 Å². The van der Waals surface area contributed by atoms with E-state index in [4.69, 9.17) is 4.74 Å². The van der Waals surface area contributed by atoms with E-state index in [1.807, 2.05) is 31.2 Å². The van der Waals surface area contributed by atoms with Gasteiger partial charge in [0.25, 0.3) is 5.91 Å². The molecular weight excluding hydrogens is 424 g/mol. The summed E-state index contributed by atoms with van der Waals surface area (Å²) >= 11 is 0. The molecular formula is C25H34N2O4S. The number of nitrogens with one attached hydrogen (secondary N) is 1. The van der Waals surface area contributed by atoms with Crippen LogP contribution in [0.25, 0.3) is 0 Å². The van der Waals surface area contributed by atoms with E-state index < -0.39 is 10.0 Å². The van der Waals surface area contributed by atoms with Crippen molar-refractivity contribution in [2.24, 2.45) is 0 Å².